The summed E-state index contributed by atoms with van der Waals surface area (Å²) in [5.74, 6) is -0.395. The van der Waals surface area contributed by atoms with Crippen molar-refractivity contribution in [3.63, 3.8) is 0 Å². The van der Waals surface area contributed by atoms with Gasteiger partial charge in [0, 0.05) is 26.7 Å². The third-order valence-corrected chi connectivity index (χ3v) is 5.19. The lowest BCUT2D eigenvalue weighted by molar-refractivity contribution is -0.178. The minimum atomic E-state index is -0.597. The maximum absolute atomic E-state index is 12.8. The van der Waals surface area contributed by atoms with Gasteiger partial charge in [-0.3, -0.25) is 0 Å². The third kappa shape index (κ3) is 5.72. The Labute approximate surface area is 176 Å². The molecule has 2 bridgehead atoms. The molecule has 0 amide bonds. The number of carbonyl (C=O) groups is 1. The number of hydrogen-bond donors (Lipinski definition) is 1. The molecular weight excluding hydrogens is 392 g/mol. The first-order valence-corrected chi connectivity index (χ1v) is 10.1. The van der Waals surface area contributed by atoms with Crippen LogP contribution in [0.1, 0.15) is 48.5 Å². The molecule has 0 aliphatic carbocycles. The van der Waals surface area contributed by atoms with E-state index in [4.69, 9.17) is 28.4 Å². The zero-order chi connectivity index (χ0) is 21.5. The summed E-state index contributed by atoms with van der Waals surface area (Å²) in [5.41, 5.74) is 0.634. The van der Waals surface area contributed by atoms with Crippen LogP contribution in [0.3, 0.4) is 0 Å². The maximum Gasteiger partial charge on any atom is 0.342 e. The van der Waals surface area contributed by atoms with Crippen molar-refractivity contribution in [1.82, 2.24) is 0 Å². The van der Waals surface area contributed by atoms with Crippen molar-refractivity contribution in [2.45, 2.75) is 57.0 Å². The number of carbonyl (C=O) groups excluding carboxylic acids is 1. The third-order valence-electron chi connectivity index (χ3n) is 5.19. The highest BCUT2D eigenvalue weighted by atomic mass is 16.7. The van der Waals surface area contributed by atoms with Crippen LogP contribution in [0.25, 0.3) is 6.08 Å². The molecule has 1 N–H and O–H groups in total. The number of phenols is 1. The predicted octanol–water partition coefficient (Wildman–Crippen LogP) is 3.26. The van der Waals surface area contributed by atoms with Crippen LogP contribution in [0, 0.1) is 0 Å². The smallest absolute Gasteiger partial charge is 0.342 e. The van der Waals surface area contributed by atoms with Gasteiger partial charge in [0.25, 0.3) is 0 Å². The van der Waals surface area contributed by atoms with Crippen molar-refractivity contribution in [3.8, 4) is 11.5 Å². The quantitative estimate of drug-likeness (QED) is 0.552. The van der Waals surface area contributed by atoms with E-state index in [2.05, 4.69) is 0 Å². The van der Waals surface area contributed by atoms with Gasteiger partial charge in [0.2, 0.25) is 0 Å². The average molecular weight is 422 g/mol. The van der Waals surface area contributed by atoms with E-state index in [1.165, 1.54) is 13.2 Å². The van der Waals surface area contributed by atoms with E-state index in [1.807, 2.05) is 13.0 Å². The van der Waals surface area contributed by atoms with Crippen molar-refractivity contribution in [1.29, 1.82) is 0 Å². The van der Waals surface area contributed by atoms with Crippen molar-refractivity contribution in [3.05, 3.63) is 29.3 Å². The molecule has 0 unspecified atom stereocenters. The summed E-state index contributed by atoms with van der Waals surface area (Å²) < 4.78 is 33.0. The summed E-state index contributed by atoms with van der Waals surface area (Å²) in [5, 5.41) is 10.5. The molecule has 2 aliphatic heterocycles. The molecule has 166 valence electrons. The fourth-order valence-corrected chi connectivity index (χ4v) is 3.82. The van der Waals surface area contributed by atoms with Crippen molar-refractivity contribution in [2.75, 3.05) is 27.8 Å². The summed E-state index contributed by atoms with van der Waals surface area (Å²) in [6, 6.07) is 3.07. The average Bonchev–Trinajstić information content (AvgIpc) is 2.70. The fourth-order valence-electron chi connectivity index (χ4n) is 3.82. The van der Waals surface area contributed by atoms with Gasteiger partial charge in [0.05, 0.1) is 18.3 Å². The molecule has 8 heteroatoms. The first-order chi connectivity index (χ1) is 14.5. The second-order valence-electron chi connectivity index (χ2n) is 7.53. The van der Waals surface area contributed by atoms with Crippen LogP contribution in [0.4, 0.5) is 0 Å². The molecule has 4 atom stereocenters. The highest BCUT2D eigenvalue weighted by molar-refractivity contribution is 5.97. The molecule has 3 rings (SSSR count). The molecule has 2 aliphatic rings. The van der Waals surface area contributed by atoms with Gasteiger partial charge in [0.15, 0.2) is 6.79 Å². The molecule has 2 heterocycles. The molecule has 1 fully saturated rings. The second-order valence-corrected chi connectivity index (χ2v) is 7.53. The number of aromatic hydroxyl groups is 1. The largest absolute Gasteiger partial charge is 0.507 e. The number of methoxy groups -OCH3 is 2. The number of fused-ring (bicyclic) bond motifs is 3. The van der Waals surface area contributed by atoms with Gasteiger partial charge in [-0.1, -0.05) is 12.2 Å². The Morgan fingerprint density at radius 1 is 1.17 bits per heavy atom. The van der Waals surface area contributed by atoms with E-state index in [0.29, 0.717) is 24.2 Å². The van der Waals surface area contributed by atoms with Crippen LogP contribution in [0.15, 0.2) is 18.2 Å². The van der Waals surface area contributed by atoms with Crippen LogP contribution >= 0.6 is 0 Å². The predicted molar refractivity (Wildman–Crippen MR) is 108 cm³/mol. The van der Waals surface area contributed by atoms with E-state index in [1.54, 1.807) is 19.3 Å². The van der Waals surface area contributed by atoms with Crippen LogP contribution < -0.4 is 4.74 Å². The van der Waals surface area contributed by atoms with Crippen LogP contribution in [0.2, 0.25) is 0 Å². The lowest BCUT2D eigenvalue weighted by Gasteiger charge is -2.37. The first-order valence-electron chi connectivity index (χ1n) is 10.1. The molecule has 0 radical (unpaired) electrons. The Morgan fingerprint density at radius 3 is 2.73 bits per heavy atom. The minimum Gasteiger partial charge on any atom is -0.507 e. The highest BCUT2D eigenvalue weighted by Gasteiger charge is 2.34. The standard InChI is InChI=1S/C22H30O8/c1-14-9-20-19(28-13-26-3)8-7-16(30-20)6-4-5-15-10-17(27-12-25-2)11-18(23)21(15)22(24)29-14/h4-5,10-11,14,16,19-20,23H,6-9,12-13H2,1-3H3/b5-4-/t14-,16+,19-,20+/m0/s1. The van der Waals surface area contributed by atoms with Gasteiger partial charge in [-0.25, -0.2) is 4.79 Å². The first kappa shape index (κ1) is 22.6. The Morgan fingerprint density at radius 2 is 1.97 bits per heavy atom. The van der Waals surface area contributed by atoms with E-state index in [-0.39, 0.29) is 43.2 Å². The lowest BCUT2D eigenvalue weighted by atomic mass is 9.95. The van der Waals surface area contributed by atoms with Crippen molar-refractivity contribution < 1.29 is 38.3 Å². The normalized spacial score (nSPS) is 27.9. The van der Waals surface area contributed by atoms with Gasteiger partial charge >= 0.3 is 5.97 Å². The maximum atomic E-state index is 12.8. The number of cyclic esters (lactones) is 1. The molecule has 30 heavy (non-hydrogen) atoms. The Balaban J connectivity index is 1.86. The van der Waals surface area contributed by atoms with Crippen LogP contribution in [-0.4, -0.2) is 63.3 Å². The van der Waals surface area contributed by atoms with Gasteiger partial charge in [-0.05, 0) is 37.8 Å². The number of hydrogen-bond acceptors (Lipinski definition) is 8. The molecule has 0 spiro atoms. The van der Waals surface area contributed by atoms with Gasteiger partial charge in [-0.2, -0.15) is 0 Å². The summed E-state index contributed by atoms with van der Waals surface area (Å²) >= 11 is 0. The number of phenolic OH excluding ortho intramolecular Hbond substituents is 1. The topological polar surface area (TPSA) is 92.7 Å². The number of esters is 1. The molecule has 0 saturated carbocycles. The molecule has 1 aromatic carbocycles. The molecular formula is C22H30O8. The Hall–Kier alpha value is -2.13. The molecule has 1 aromatic rings. The molecule has 1 saturated heterocycles. The molecule has 0 aromatic heterocycles. The number of benzene rings is 1. The zero-order valence-electron chi connectivity index (χ0n) is 17.7. The van der Waals surface area contributed by atoms with E-state index in [9.17, 15) is 9.90 Å². The number of ether oxygens (including phenoxy) is 6. The van der Waals surface area contributed by atoms with E-state index < -0.39 is 12.1 Å². The van der Waals surface area contributed by atoms with E-state index >= 15 is 0 Å². The van der Waals surface area contributed by atoms with Gasteiger partial charge in [-0.15, -0.1) is 0 Å². The Kier molecular flexibility index (Phi) is 8.09. The highest BCUT2D eigenvalue weighted by Crippen LogP contribution is 2.33. The number of rotatable bonds is 6. The van der Waals surface area contributed by atoms with Crippen LogP contribution in [-0.2, 0) is 23.7 Å². The summed E-state index contributed by atoms with van der Waals surface area (Å²) in [6.07, 6.45) is 5.91. The lowest BCUT2D eigenvalue weighted by Crippen LogP contribution is -2.42. The Bertz CT molecular complexity index is 747. The second kappa shape index (κ2) is 10.8. The monoisotopic (exact) mass is 422 g/mol. The van der Waals surface area contributed by atoms with Gasteiger partial charge in [0.1, 0.15) is 30.0 Å². The minimum absolute atomic E-state index is 0.0348. The summed E-state index contributed by atoms with van der Waals surface area (Å²) in [4.78, 5) is 12.8. The SMILES string of the molecule is COCOc1cc(O)c2c(c1)/C=C\C[C@@H]1CC[C@H](OCOC)[C@@H](C[C@H](C)OC2=O)O1. The fraction of sp³-hybridized carbons (Fsp3) is 0.591. The summed E-state index contributed by atoms with van der Waals surface area (Å²) in [6.45, 7) is 2.04. The van der Waals surface area contributed by atoms with Crippen molar-refractivity contribution in [2.24, 2.45) is 0 Å². The zero-order valence-corrected chi connectivity index (χ0v) is 17.7. The van der Waals surface area contributed by atoms with E-state index in [0.717, 1.165) is 12.8 Å². The van der Waals surface area contributed by atoms with Crippen molar-refractivity contribution >= 4 is 12.0 Å². The van der Waals surface area contributed by atoms with Gasteiger partial charge < -0.3 is 33.5 Å². The molecule has 8 nitrogen and oxygen atoms in total. The van der Waals surface area contributed by atoms with Crippen LogP contribution in [0.5, 0.6) is 11.5 Å². The summed E-state index contributed by atoms with van der Waals surface area (Å²) in [7, 11) is 3.09.